The van der Waals surface area contributed by atoms with Crippen molar-refractivity contribution in [2.45, 2.75) is 38.4 Å². The molecular formula is C24H33BrClNO4. The molecule has 0 saturated carbocycles. The first-order valence-electron chi connectivity index (χ1n) is 10.3. The van der Waals surface area contributed by atoms with Gasteiger partial charge in [0, 0.05) is 29.7 Å². The van der Waals surface area contributed by atoms with Crippen molar-refractivity contribution in [1.29, 1.82) is 0 Å². The third-order valence-electron chi connectivity index (χ3n) is 5.29. The number of rotatable bonds is 7. The molecule has 1 fully saturated rings. The van der Waals surface area contributed by atoms with Gasteiger partial charge in [-0.2, -0.15) is 0 Å². The molecule has 0 aromatic heterocycles. The van der Waals surface area contributed by atoms with E-state index in [4.69, 9.17) is 14.2 Å². The van der Waals surface area contributed by atoms with Crippen LogP contribution in [0.15, 0.2) is 46.9 Å². The SMILES string of the molecule is COc1ccc(OCC(O)CN2CCOC(c3ccc(Br)cc3)C2)c(C(C)(C)C)c1.Cl. The Balaban J connectivity index is 0.00000341. The molecule has 2 aromatic rings. The molecule has 172 valence electrons. The van der Waals surface area contributed by atoms with Crippen LogP contribution < -0.4 is 9.47 Å². The second kappa shape index (κ2) is 11.5. The predicted molar refractivity (Wildman–Crippen MR) is 130 cm³/mol. The largest absolute Gasteiger partial charge is 0.497 e. The highest BCUT2D eigenvalue weighted by molar-refractivity contribution is 9.10. The van der Waals surface area contributed by atoms with E-state index in [-0.39, 0.29) is 30.5 Å². The Kier molecular flexibility index (Phi) is 9.65. The van der Waals surface area contributed by atoms with E-state index in [1.807, 2.05) is 30.3 Å². The molecular weight excluding hydrogens is 482 g/mol. The van der Waals surface area contributed by atoms with E-state index < -0.39 is 6.10 Å². The summed E-state index contributed by atoms with van der Waals surface area (Å²) < 4.78 is 18.4. The van der Waals surface area contributed by atoms with Crippen LogP contribution in [0.1, 0.15) is 38.0 Å². The minimum Gasteiger partial charge on any atom is -0.497 e. The molecule has 5 nitrogen and oxygen atoms in total. The second-order valence-electron chi connectivity index (χ2n) is 8.75. The van der Waals surface area contributed by atoms with Gasteiger partial charge in [0.15, 0.2) is 0 Å². The summed E-state index contributed by atoms with van der Waals surface area (Å²) in [6, 6.07) is 14.0. The lowest BCUT2D eigenvalue weighted by Crippen LogP contribution is -2.43. The van der Waals surface area contributed by atoms with Gasteiger partial charge in [0.25, 0.3) is 0 Å². The molecule has 1 N–H and O–H groups in total. The number of hydrogen-bond donors (Lipinski definition) is 1. The number of morpholine rings is 1. The van der Waals surface area contributed by atoms with E-state index in [0.717, 1.165) is 40.2 Å². The lowest BCUT2D eigenvalue weighted by atomic mass is 9.86. The summed E-state index contributed by atoms with van der Waals surface area (Å²) in [6.07, 6.45) is -0.558. The molecule has 0 radical (unpaired) electrons. The van der Waals surface area contributed by atoms with Crippen LogP contribution in [0, 0.1) is 0 Å². The zero-order valence-electron chi connectivity index (χ0n) is 18.6. The normalized spacial score (nSPS) is 18.2. The molecule has 2 atom stereocenters. The van der Waals surface area contributed by atoms with Crippen molar-refractivity contribution in [3.8, 4) is 11.5 Å². The molecule has 1 heterocycles. The monoisotopic (exact) mass is 513 g/mol. The second-order valence-corrected chi connectivity index (χ2v) is 9.66. The minimum absolute atomic E-state index is 0. The van der Waals surface area contributed by atoms with Crippen LogP contribution in [0.25, 0.3) is 0 Å². The van der Waals surface area contributed by atoms with Crippen LogP contribution in [0.5, 0.6) is 11.5 Å². The maximum Gasteiger partial charge on any atom is 0.123 e. The summed E-state index contributed by atoms with van der Waals surface area (Å²) in [4.78, 5) is 2.24. The van der Waals surface area contributed by atoms with E-state index in [1.54, 1.807) is 7.11 Å². The lowest BCUT2D eigenvalue weighted by molar-refractivity contribution is -0.0460. The maximum atomic E-state index is 10.6. The van der Waals surface area contributed by atoms with E-state index >= 15 is 0 Å². The van der Waals surface area contributed by atoms with Gasteiger partial charge in [-0.3, -0.25) is 4.90 Å². The van der Waals surface area contributed by atoms with Crippen LogP contribution in [-0.2, 0) is 10.2 Å². The van der Waals surface area contributed by atoms with Crippen molar-refractivity contribution in [3.63, 3.8) is 0 Å². The minimum atomic E-state index is -0.580. The summed E-state index contributed by atoms with van der Waals surface area (Å²) in [5.41, 5.74) is 2.13. The molecule has 0 aliphatic carbocycles. The topological polar surface area (TPSA) is 51.2 Å². The van der Waals surface area contributed by atoms with Crippen LogP contribution in [0.2, 0.25) is 0 Å². The molecule has 1 aliphatic rings. The van der Waals surface area contributed by atoms with Crippen molar-refractivity contribution < 1.29 is 19.3 Å². The van der Waals surface area contributed by atoms with Crippen molar-refractivity contribution in [1.82, 2.24) is 4.90 Å². The van der Waals surface area contributed by atoms with Gasteiger partial charge in [0.05, 0.1) is 19.8 Å². The summed E-state index contributed by atoms with van der Waals surface area (Å²) in [5, 5.41) is 10.6. The highest BCUT2D eigenvalue weighted by atomic mass is 79.9. The first kappa shape index (κ1) is 25.9. The first-order valence-corrected chi connectivity index (χ1v) is 11.1. The van der Waals surface area contributed by atoms with Gasteiger partial charge in [0.1, 0.15) is 24.2 Å². The summed E-state index contributed by atoms with van der Waals surface area (Å²) in [7, 11) is 1.66. The van der Waals surface area contributed by atoms with Gasteiger partial charge >= 0.3 is 0 Å². The third kappa shape index (κ3) is 7.36. The van der Waals surface area contributed by atoms with Gasteiger partial charge in [0.2, 0.25) is 0 Å². The number of β-amino-alcohol motifs (C(OH)–C–C–N with tert-alkyl or cyclic N) is 1. The predicted octanol–water partition coefficient (Wildman–Crippen LogP) is 4.99. The number of aliphatic hydroxyl groups is 1. The van der Waals surface area contributed by atoms with Crippen molar-refractivity contribution in [2.75, 3.05) is 40.0 Å². The quantitative estimate of drug-likeness (QED) is 0.564. The molecule has 2 aromatic carbocycles. The van der Waals surface area contributed by atoms with Crippen LogP contribution in [-0.4, -0.2) is 56.1 Å². The Morgan fingerprint density at radius 2 is 1.90 bits per heavy atom. The van der Waals surface area contributed by atoms with E-state index in [9.17, 15) is 5.11 Å². The number of ether oxygens (including phenoxy) is 3. The van der Waals surface area contributed by atoms with Crippen molar-refractivity contribution in [3.05, 3.63) is 58.1 Å². The van der Waals surface area contributed by atoms with Crippen molar-refractivity contribution in [2.24, 2.45) is 0 Å². The molecule has 1 aliphatic heterocycles. The van der Waals surface area contributed by atoms with Crippen LogP contribution >= 0.6 is 28.3 Å². The Morgan fingerprint density at radius 3 is 2.55 bits per heavy atom. The van der Waals surface area contributed by atoms with Crippen molar-refractivity contribution >= 4 is 28.3 Å². The van der Waals surface area contributed by atoms with Crippen LogP contribution in [0.4, 0.5) is 0 Å². The average molecular weight is 515 g/mol. The van der Waals surface area contributed by atoms with Gasteiger partial charge < -0.3 is 19.3 Å². The first-order chi connectivity index (χ1) is 14.3. The number of aliphatic hydroxyl groups excluding tert-OH is 1. The summed E-state index contributed by atoms with van der Waals surface area (Å²) in [5.74, 6) is 1.59. The third-order valence-corrected chi connectivity index (χ3v) is 5.82. The Hall–Kier alpha value is -1.31. The van der Waals surface area contributed by atoms with E-state index in [2.05, 4.69) is 53.7 Å². The zero-order chi connectivity index (χ0) is 21.7. The number of nitrogens with zero attached hydrogens (tertiary/aromatic N) is 1. The highest BCUT2D eigenvalue weighted by Gasteiger charge is 2.25. The number of benzene rings is 2. The smallest absolute Gasteiger partial charge is 0.123 e. The Bertz CT molecular complexity index is 825. The molecule has 0 spiro atoms. The van der Waals surface area contributed by atoms with Gasteiger partial charge in [-0.15, -0.1) is 12.4 Å². The average Bonchev–Trinajstić information content (AvgIpc) is 2.72. The molecule has 3 rings (SSSR count). The standard InChI is InChI=1S/C24H32BrNO4.ClH/c1-24(2,3)21-13-20(28-4)9-10-22(21)30-16-19(27)14-26-11-12-29-23(15-26)17-5-7-18(25)8-6-17;/h5-10,13,19,23,27H,11-12,14-16H2,1-4H3;1H. The highest BCUT2D eigenvalue weighted by Crippen LogP contribution is 2.34. The summed E-state index contributed by atoms with van der Waals surface area (Å²) >= 11 is 3.47. The Morgan fingerprint density at radius 1 is 1.19 bits per heavy atom. The molecule has 7 heteroatoms. The fourth-order valence-corrected chi connectivity index (χ4v) is 3.90. The number of hydrogen-bond acceptors (Lipinski definition) is 5. The molecule has 1 saturated heterocycles. The molecule has 0 amide bonds. The molecule has 31 heavy (non-hydrogen) atoms. The van der Waals surface area contributed by atoms with Crippen LogP contribution in [0.3, 0.4) is 0 Å². The van der Waals surface area contributed by atoms with E-state index in [1.165, 1.54) is 0 Å². The lowest BCUT2D eigenvalue weighted by Gasteiger charge is -2.34. The fraction of sp³-hybridized carbons (Fsp3) is 0.500. The van der Waals surface area contributed by atoms with E-state index in [0.29, 0.717) is 13.2 Å². The van der Waals surface area contributed by atoms with Gasteiger partial charge in [-0.25, -0.2) is 0 Å². The Labute approximate surface area is 200 Å². The summed E-state index contributed by atoms with van der Waals surface area (Å²) in [6.45, 7) is 9.44. The molecule has 0 bridgehead atoms. The number of halogens is 2. The maximum absolute atomic E-state index is 10.6. The van der Waals surface area contributed by atoms with Gasteiger partial charge in [-0.05, 0) is 41.3 Å². The number of methoxy groups -OCH3 is 1. The molecule has 2 unspecified atom stereocenters. The fourth-order valence-electron chi connectivity index (χ4n) is 3.63. The van der Waals surface area contributed by atoms with Gasteiger partial charge in [-0.1, -0.05) is 48.8 Å². The zero-order valence-corrected chi connectivity index (χ0v) is 21.0.